The molecule has 2 amide bonds. The Kier molecular flexibility index (Phi) is 5.78. The number of benzene rings is 1. The van der Waals surface area contributed by atoms with Crippen LogP contribution < -0.4 is 15.4 Å². The van der Waals surface area contributed by atoms with Crippen molar-refractivity contribution in [1.82, 2.24) is 5.32 Å². The molecule has 7 heteroatoms. The maximum atomic E-state index is 12.1. The molecule has 0 unspecified atom stereocenters. The van der Waals surface area contributed by atoms with Crippen LogP contribution in [-0.2, 0) is 25.5 Å². The Labute approximate surface area is 140 Å². The van der Waals surface area contributed by atoms with E-state index in [0.717, 1.165) is 5.56 Å². The quantitative estimate of drug-likeness (QED) is 0.787. The maximum Gasteiger partial charge on any atom is 0.325 e. The van der Waals surface area contributed by atoms with Crippen LogP contribution in [0.1, 0.15) is 19.4 Å². The Hall–Kier alpha value is -2.57. The van der Waals surface area contributed by atoms with Crippen LogP contribution in [0.25, 0.3) is 0 Å². The summed E-state index contributed by atoms with van der Waals surface area (Å²) in [6.07, 6.45) is 0.480. The van der Waals surface area contributed by atoms with E-state index in [1.54, 1.807) is 12.1 Å². The van der Waals surface area contributed by atoms with Crippen LogP contribution >= 0.6 is 0 Å². The average molecular weight is 334 g/mol. The van der Waals surface area contributed by atoms with Gasteiger partial charge in [-0.2, -0.15) is 0 Å². The monoisotopic (exact) mass is 334 g/mol. The molecule has 0 aromatic heterocycles. The number of anilines is 1. The number of methoxy groups -OCH3 is 1. The highest BCUT2D eigenvalue weighted by Crippen LogP contribution is 2.30. The highest BCUT2D eigenvalue weighted by atomic mass is 16.5. The lowest BCUT2D eigenvalue weighted by Gasteiger charge is -2.25. The van der Waals surface area contributed by atoms with Crippen LogP contribution in [-0.4, -0.2) is 38.0 Å². The molecule has 0 bridgehead atoms. The maximum absolute atomic E-state index is 12.1. The lowest BCUT2D eigenvalue weighted by molar-refractivity contribution is -0.141. The minimum absolute atomic E-state index is 0.0703. The van der Waals surface area contributed by atoms with Crippen molar-refractivity contribution >= 4 is 23.5 Å². The minimum atomic E-state index is -0.501. The van der Waals surface area contributed by atoms with Crippen molar-refractivity contribution in [2.24, 2.45) is 11.8 Å². The highest BCUT2D eigenvalue weighted by molar-refractivity contribution is 5.92. The number of nitrogens with one attached hydrogen (secondary N) is 2. The van der Waals surface area contributed by atoms with Crippen LogP contribution in [0.2, 0.25) is 0 Å². The van der Waals surface area contributed by atoms with Crippen molar-refractivity contribution in [2.45, 2.75) is 20.3 Å². The van der Waals surface area contributed by atoms with Gasteiger partial charge in [0, 0.05) is 11.6 Å². The molecular formula is C17H22N2O5. The van der Waals surface area contributed by atoms with E-state index in [1.807, 2.05) is 19.9 Å². The number of rotatable bonds is 5. The van der Waals surface area contributed by atoms with Crippen LogP contribution in [0.4, 0.5) is 5.69 Å². The van der Waals surface area contributed by atoms with Gasteiger partial charge in [-0.05, 0) is 30.2 Å². The molecule has 1 aliphatic rings. The summed E-state index contributed by atoms with van der Waals surface area (Å²) in [7, 11) is 1.27. The van der Waals surface area contributed by atoms with Crippen LogP contribution in [0.3, 0.4) is 0 Å². The fourth-order valence-electron chi connectivity index (χ4n) is 2.30. The van der Waals surface area contributed by atoms with E-state index < -0.39 is 11.9 Å². The highest BCUT2D eigenvalue weighted by Gasteiger charge is 2.26. The van der Waals surface area contributed by atoms with Gasteiger partial charge >= 0.3 is 5.97 Å². The molecule has 2 rings (SSSR count). The number of esters is 1. The van der Waals surface area contributed by atoms with Gasteiger partial charge in [-0.15, -0.1) is 0 Å². The topological polar surface area (TPSA) is 93.7 Å². The second-order valence-corrected chi connectivity index (χ2v) is 5.97. The zero-order chi connectivity index (χ0) is 17.7. The smallest absolute Gasteiger partial charge is 0.325 e. The summed E-state index contributed by atoms with van der Waals surface area (Å²) in [4.78, 5) is 35.0. The van der Waals surface area contributed by atoms with Gasteiger partial charge in [-0.1, -0.05) is 13.8 Å². The summed E-state index contributed by atoms with van der Waals surface area (Å²) < 4.78 is 10.1. The van der Waals surface area contributed by atoms with Gasteiger partial charge in [0.05, 0.1) is 13.0 Å². The van der Waals surface area contributed by atoms with E-state index in [4.69, 9.17) is 4.74 Å². The lowest BCUT2D eigenvalue weighted by atomic mass is 9.95. The van der Waals surface area contributed by atoms with Crippen molar-refractivity contribution < 1.29 is 23.9 Å². The third kappa shape index (κ3) is 4.47. The van der Waals surface area contributed by atoms with Gasteiger partial charge in [0.2, 0.25) is 11.8 Å². The van der Waals surface area contributed by atoms with Crippen molar-refractivity contribution in [3.63, 3.8) is 0 Å². The zero-order valence-electron chi connectivity index (χ0n) is 14.0. The number of hydrogen-bond acceptors (Lipinski definition) is 5. The molecule has 7 nitrogen and oxygen atoms in total. The molecule has 0 saturated carbocycles. The van der Waals surface area contributed by atoms with Crippen LogP contribution in [0, 0.1) is 11.8 Å². The third-order valence-corrected chi connectivity index (χ3v) is 3.76. The zero-order valence-corrected chi connectivity index (χ0v) is 14.0. The Morgan fingerprint density at radius 3 is 2.75 bits per heavy atom. The minimum Gasteiger partial charge on any atom is -0.492 e. The molecule has 1 aromatic rings. The van der Waals surface area contributed by atoms with Gasteiger partial charge < -0.3 is 20.1 Å². The second-order valence-electron chi connectivity index (χ2n) is 5.97. The number of amides is 2. The van der Waals surface area contributed by atoms with E-state index in [9.17, 15) is 14.4 Å². The normalized spacial score (nSPS) is 15.9. The predicted octanol–water partition coefficient (Wildman–Crippen LogP) is 1.12. The molecule has 0 fully saturated rings. The summed E-state index contributed by atoms with van der Waals surface area (Å²) in [5.74, 6) is -0.636. The molecule has 1 aliphatic heterocycles. The standard InChI is InChI=1S/C17H22N2O5/c1-10(2)16(21)19-13-4-5-14-11(7-13)6-12(9-24-14)17(22)18-8-15(20)23-3/h4-5,7,10,12H,6,8-9H2,1-3H3,(H,18,22)(H,19,21)/t12-/m1/s1. The van der Waals surface area contributed by atoms with Crippen LogP contribution in [0.15, 0.2) is 18.2 Å². The van der Waals surface area contributed by atoms with Crippen molar-refractivity contribution in [2.75, 3.05) is 25.6 Å². The summed E-state index contributed by atoms with van der Waals surface area (Å²) >= 11 is 0. The van der Waals surface area contributed by atoms with Gasteiger partial charge in [0.25, 0.3) is 0 Å². The number of carbonyl (C=O) groups is 3. The fraction of sp³-hybridized carbons (Fsp3) is 0.471. The fourth-order valence-corrected chi connectivity index (χ4v) is 2.30. The van der Waals surface area contributed by atoms with Crippen molar-refractivity contribution in [1.29, 1.82) is 0 Å². The van der Waals surface area contributed by atoms with E-state index in [2.05, 4.69) is 15.4 Å². The largest absolute Gasteiger partial charge is 0.492 e. The molecule has 1 aromatic carbocycles. The van der Waals surface area contributed by atoms with E-state index in [1.165, 1.54) is 7.11 Å². The molecule has 2 N–H and O–H groups in total. The summed E-state index contributed by atoms with van der Waals surface area (Å²) in [6, 6.07) is 5.37. The molecule has 0 saturated heterocycles. The van der Waals surface area contributed by atoms with Crippen molar-refractivity contribution in [3.05, 3.63) is 23.8 Å². The number of hydrogen-bond donors (Lipinski definition) is 2. The SMILES string of the molecule is COC(=O)CNC(=O)[C@H]1COc2ccc(NC(=O)C(C)C)cc2C1. The molecule has 130 valence electrons. The molecular weight excluding hydrogens is 312 g/mol. The van der Waals surface area contributed by atoms with Gasteiger partial charge in [-0.25, -0.2) is 0 Å². The summed E-state index contributed by atoms with van der Waals surface area (Å²) in [5.41, 5.74) is 1.52. The molecule has 1 heterocycles. The van der Waals surface area contributed by atoms with Gasteiger partial charge in [0.15, 0.2) is 0 Å². The Morgan fingerprint density at radius 2 is 2.08 bits per heavy atom. The molecule has 24 heavy (non-hydrogen) atoms. The number of carbonyl (C=O) groups excluding carboxylic acids is 3. The van der Waals surface area contributed by atoms with Gasteiger partial charge in [-0.3, -0.25) is 14.4 Å². The van der Waals surface area contributed by atoms with E-state index >= 15 is 0 Å². The molecule has 1 atom stereocenters. The number of fused-ring (bicyclic) bond motifs is 1. The second kappa shape index (κ2) is 7.81. The molecule has 0 spiro atoms. The third-order valence-electron chi connectivity index (χ3n) is 3.76. The van der Waals surface area contributed by atoms with Crippen molar-refractivity contribution in [3.8, 4) is 5.75 Å². The summed E-state index contributed by atoms with van der Waals surface area (Å²) in [5, 5.41) is 5.36. The Balaban J connectivity index is 2.02. The van der Waals surface area contributed by atoms with Gasteiger partial charge in [0.1, 0.15) is 18.9 Å². The average Bonchev–Trinajstić information content (AvgIpc) is 2.58. The first-order valence-corrected chi connectivity index (χ1v) is 7.81. The predicted molar refractivity (Wildman–Crippen MR) is 87.6 cm³/mol. The van der Waals surface area contributed by atoms with E-state index in [0.29, 0.717) is 17.9 Å². The summed E-state index contributed by atoms with van der Waals surface area (Å²) in [6.45, 7) is 3.72. The molecule has 0 radical (unpaired) electrons. The molecule has 0 aliphatic carbocycles. The van der Waals surface area contributed by atoms with Crippen LogP contribution in [0.5, 0.6) is 5.75 Å². The first-order chi connectivity index (χ1) is 11.4. The lowest BCUT2D eigenvalue weighted by Crippen LogP contribution is -2.39. The first kappa shape index (κ1) is 17.8. The first-order valence-electron chi connectivity index (χ1n) is 7.81. The van der Waals surface area contributed by atoms with E-state index in [-0.39, 0.29) is 30.9 Å². The number of ether oxygens (including phenoxy) is 2. The Morgan fingerprint density at radius 1 is 1.33 bits per heavy atom. The Bertz CT molecular complexity index is 642.